The van der Waals surface area contributed by atoms with Crippen molar-refractivity contribution in [3.63, 3.8) is 0 Å². The van der Waals surface area contributed by atoms with Crippen LogP contribution in [0, 0.1) is 0 Å². The molecule has 0 spiro atoms. The first-order chi connectivity index (χ1) is 16.5. The van der Waals surface area contributed by atoms with E-state index >= 15 is 0 Å². The van der Waals surface area contributed by atoms with Gasteiger partial charge in [0.15, 0.2) is 0 Å². The molecule has 1 heterocycles. The summed E-state index contributed by atoms with van der Waals surface area (Å²) < 4.78 is 12.4. The van der Waals surface area contributed by atoms with Gasteiger partial charge in [0.05, 0.1) is 30.2 Å². The van der Waals surface area contributed by atoms with Crippen LogP contribution in [0.3, 0.4) is 0 Å². The van der Waals surface area contributed by atoms with Crippen molar-refractivity contribution in [3.8, 4) is 5.75 Å². The summed E-state index contributed by atoms with van der Waals surface area (Å²) in [5, 5.41) is 3.40. The Kier molecular flexibility index (Phi) is 9.50. The van der Waals surface area contributed by atoms with Crippen LogP contribution < -0.4 is 15.8 Å². The molecule has 1 aliphatic heterocycles. The van der Waals surface area contributed by atoms with Gasteiger partial charge in [-0.15, -0.1) is 0 Å². The second-order valence-corrected chi connectivity index (χ2v) is 9.27. The number of hydrogen-bond acceptors (Lipinski definition) is 4. The molecule has 184 valence electrons. The van der Waals surface area contributed by atoms with E-state index in [9.17, 15) is 0 Å². The van der Waals surface area contributed by atoms with E-state index < -0.39 is 0 Å². The van der Waals surface area contributed by atoms with Gasteiger partial charge < -0.3 is 20.5 Å². The smallest absolute Gasteiger partial charge is 0.131 e. The van der Waals surface area contributed by atoms with Crippen LogP contribution in [0.25, 0.3) is 11.3 Å². The van der Waals surface area contributed by atoms with Crippen LogP contribution in [0.2, 0.25) is 0 Å². The number of unbranched alkanes of at least 4 members (excludes halogenated alkanes) is 1. The Labute approximate surface area is 206 Å². The number of nitrogens with two attached hydrogens (primary N) is 1. The Bertz CT molecular complexity index is 984. The molecule has 0 saturated heterocycles. The lowest BCUT2D eigenvalue weighted by molar-refractivity contribution is 0.178. The highest BCUT2D eigenvalue weighted by Gasteiger charge is 2.25. The minimum absolute atomic E-state index is 0.304. The zero-order valence-corrected chi connectivity index (χ0v) is 21.3. The van der Waals surface area contributed by atoms with Gasteiger partial charge in [-0.2, -0.15) is 0 Å². The van der Waals surface area contributed by atoms with Gasteiger partial charge in [0.25, 0.3) is 0 Å². The van der Waals surface area contributed by atoms with Gasteiger partial charge in [-0.1, -0.05) is 52.5 Å². The maximum atomic E-state index is 6.34. The monoisotopic (exact) mass is 462 g/mol. The van der Waals surface area contributed by atoms with E-state index in [0.29, 0.717) is 18.2 Å². The molecule has 0 amide bonds. The van der Waals surface area contributed by atoms with Gasteiger partial charge in [0.2, 0.25) is 0 Å². The summed E-state index contributed by atoms with van der Waals surface area (Å²) >= 11 is 0. The predicted molar refractivity (Wildman–Crippen MR) is 146 cm³/mol. The lowest BCUT2D eigenvalue weighted by Gasteiger charge is -2.26. The van der Waals surface area contributed by atoms with Crippen molar-refractivity contribution in [3.05, 3.63) is 71.7 Å². The number of anilines is 1. The van der Waals surface area contributed by atoms with Crippen LogP contribution >= 0.6 is 0 Å². The van der Waals surface area contributed by atoms with Gasteiger partial charge in [0.1, 0.15) is 5.75 Å². The number of rotatable bonds is 10. The normalized spacial score (nSPS) is 16.9. The summed E-state index contributed by atoms with van der Waals surface area (Å²) in [6.45, 7) is 16.2. The van der Waals surface area contributed by atoms with Gasteiger partial charge in [0, 0.05) is 12.1 Å². The zero-order valence-electron chi connectivity index (χ0n) is 21.3. The Morgan fingerprint density at radius 3 is 2.82 bits per heavy atom. The number of ether oxygens (including phenoxy) is 2. The Morgan fingerprint density at radius 1 is 1.29 bits per heavy atom. The van der Waals surface area contributed by atoms with Crippen LogP contribution in [0.5, 0.6) is 5.75 Å². The first kappa shape index (κ1) is 25.7. The first-order valence-corrected chi connectivity index (χ1v) is 12.9. The molecule has 1 unspecified atom stereocenters. The molecule has 4 nitrogen and oxygen atoms in total. The standard InChI is InChI=1S/C30H42N2O2/c1-6-9-17-34-27-20-25(28(21(4)7-2)30(32-8-3)29(27)22(5)31)23-14-11-10-12-16-26-24(19-23)15-13-18-33-26/h8,11,14,19-21,32H,3,5-7,9-10,12-13,15-18,31H2,1-2,4H3. The zero-order chi connectivity index (χ0) is 24.5. The fraction of sp³-hybridized carbons (Fsp3) is 0.467. The quantitative estimate of drug-likeness (QED) is 0.345. The molecule has 3 rings (SSSR count). The summed E-state index contributed by atoms with van der Waals surface area (Å²) in [4.78, 5) is 0. The Hall–Kier alpha value is -2.88. The van der Waals surface area contributed by atoms with Crippen molar-refractivity contribution >= 4 is 17.0 Å². The third-order valence-corrected chi connectivity index (χ3v) is 6.70. The third kappa shape index (κ3) is 5.97. The first-order valence-electron chi connectivity index (χ1n) is 12.9. The van der Waals surface area contributed by atoms with E-state index in [-0.39, 0.29) is 0 Å². The van der Waals surface area contributed by atoms with Crippen LogP contribution in [0.15, 0.2) is 55.0 Å². The molecule has 1 aromatic carbocycles. The summed E-state index contributed by atoms with van der Waals surface area (Å²) in [5.41, 5.74) is 13.5. The summed E-state index contributed by atoms with van der Waals surface area (Å²) in [6, 6.07) is 2.18. The number of hydrogen-bond donors (Lipinski definition) is 2. The second-order valence-electron chi connectivity index (χ2n) is 9.27. The van der Waals surface area contributed by atoms with Crippen LogP contribution in [0.1, 0.15) is 94.7 Å². The molecule has 1 atom stereocenters. The average Bonchev–Trinajstić information content (AvgIpc) is 2.93. The number of nitrogens with one attached hydrogen (secondary N) is 1. The van der Waals surface area contributed by atoms with E-state index in [1.165, 1.54) is 22.3 Å². The van der Waals surface area contributed by atoms with Crippen molar-refractivity contribution in [1.82, 2.24) is 0 Å². The third-order valence-electron chi connectivity index (χ3n) is 6.70. The maximum Gasteiger partial charge on any atom is 0.131 e. The minimum atomic E-state index is 0.304. The van der Waals surface area contributed by atoms with Gasteiger partial charge in [-0.25, -0.2) is 0 Å². The van der Waals surface area contributed by atoms with E-state index in [2.05, 4.69) is 63.5 Å². The number of allylic oxidation sites excluding steroid dienone is 6. The highest BCUT2D eigenvalue weighted by molar-refractivity contribution is 5.89. The summed E-state index contributed by atoms with van der Waals surface area (Å²) in [6.07, 6.45) is 16.9. The van der Waals surface area contributed by atoms with E-state index in [4.69, 9.17) is 15.2 Å². The van der Waals surface area contributed by atoms with Crippen molar-refractivity contribution in [1.29, 1.82) is 0 Å². The lowest BCUT2D eigenvalue weighted by Crippen LogP contribution is -2.12. The Morgan fingerprint density at radius 2 is 2.12 bits per heavy atom. The van der Waals surface area contributed by atoms with Crippen molar-refractivity contribution in [2.24, 2.45) is 5.73 Å². The minimum Gasteiger partial charge on any atom is -0.498 e. The Balaban J connectivity index is 2.31. The number of benzene rings is 1. The van der Waals surface area contributed by atoms with Crippen LogP contribution in [0.4, 0.5) is 5.69 Å². The molecule has 3 N–H and O–H groups in total. The molecule has 0 saturated carbocycles. The lowest BCUT2D eigenvalue weighted by atomic mass is 9.84. The van der Waals surface area contributed by atoms with E-state index in [0.717, 1.165) is 80.7 Å². The average molecular weight is 463 g/mol. The molecule has 0 bridgehead atoms. The fourth-order valence-corrected chi connectivity index (χ4v) is 4.71. The molecule has 1 aliphatic carbocycles. The molecular formula is C30H42N2O2. The molecule has 0 fully saturated rings. The summed E-state index contributed by atoms with van der Waals surface area (Å²) in [5.74, 6) is 2.24. The predicted octanol–water partition coefficient (Wildman–Crippen LogP) is 8.05. The van der Waals surface area contributed by atoms with E-state index in [1.807, 2.05) is 0 Å². The highest BCUT2D eigenvalue weighted by atomic mass is 16.5. The second kappa shape index (κ2) is 12.5. The molecule has 0 aromatic heterocycles. The van der Waals surface area contributed by atoms with Crippen LogP contribution in [-0.2, 0) is 4.74 Å². The largest absolute Gasteiger partial charge is 0.498 e. The maximum absolute atomic E-state index is 6.34. The topological polar surface area (TPSA) is 56.5 Å². The molecule has 4 heteroatoms. The molecule has 34 heavy (non-hydrogen) atoms. The van der Waals surface area contributed by atoms with E-state index in [1.54, 1.807) is 6.20 Å². The molecular weight excluding hydrogens is 420 g/mol. The highest BCUT2D eigenvalue weighted by Crippen LogP contribution is 2.44. The van der Waals surface area contributed by atoms with Gasteiger partial charge >= 0.3 is 0 Å². The SMILES string of the molecule is C=CNc1c(C(=C)N)c(OCCCC)cc(C2=CC3=C(CCCC=C2)OCCC3)c1C(C)CC. The van der Waals surface area contributed by atoms with Crippen molar-refractivity contribution in [2.45, 2.75) is 78.1 Å². The fourth-order valence-electron chi connectivity index (χ4n) is 4.71. The van der Waals surface area contributed by atoms with Crippen LogP contribution in [-0.4, -0.2) is 13.2 Å². The molecule has 1 aromatic rings. The van der Waals surface area contributed by atoms with Gasteiger partial charge in [-0.3, -0.25) is 0 Å². The van der Waals surface area contributed by atoms with Crippen molar-refractivity contribution < 1.29 is 9.47 Å². The van der Waals surface area contributed by atoms with Gasteiger partial charge in [-0.05, 0) is 85.1 Å². The van der Waals surface area contributed by atoms with Crippen molar-refractivity contribution in [2.75, 3.05) is 18.5 Å². The summed E-state index contributed by atoms with van der Waals surface area (Å²) in [7, 11) is 0. The molecule has 2 aliphatic rings. The molecule has 0 radical (unpaired) electrons.